The quantitative estimate of drug-likeness (QED) is 0.639. The molecule has 21 heavy (non-hydrogen) atoms. The van der Waals surface area contributed by atoms with Crippen LogP contribution in [-0.2, 0) is 0 Å². The van der Waals surface area contributed by atoms with Crippen molar-refractivity contribution in [2.24, 2.45) is 0 Å². The molecule has 0 amide bonds. The predicted octanol–water partition coefficient (Wildman–Crippen LogP) is 4.03. The summed E-state index contributed by atoms with van der Waals surface area (Å²) < 4.78 is 0.756. The number of nitro groups is 1. The van der Waals surface area contributed by atoms with Gasteiger partial charge in [0, 0.05) is 34.9 Å². The van der Waals surface area contributed by atoms with Gasteiger partial charge in [-0.15, -0.1) is 0 Å². The third-order valence-corrected chi connectivity index (χ3v) is 4.54. The maximum atomic E-state index is 10.8. The van der Waals surface area contributed by atoms with E-state index in [1.54, 1.807) is 18.2 Å². The number of hydrogen-bond acceptors (Lipinski definition) is 4. The number of anilines is 1. The molecular formula is C15H22BrN3O2. The Morgan fingerprint density at radius 3 is 2.90 bits per heavy atom. The Bertz CT molecular complexity index is 496. The SMILES string of the molecule is CCCN1CCCC(Nc2ccc([N+](=O)[O-])cc2Br)CC1. The largest absolute Gasteiger partial charge is 0.381 e. The summed E-state index contributed by atoms with van der Waals surface area (Å²) in [6, 6.07) is 5.33. The highest BCUT2D eigenvalue weighted by Gasteiger charge is 2.18. The van der Waals surface area contributed by atoms with Gasteiger partial charge in [-0.2, -0.15) is 0 Å². The second-order valence-corrected chi connectivity index (χ2v) is 6.39. The average Bonchev–Trinajstić information content (AvgIpc) is 2.67. The van der Waals surface area contributed by atoms with Crippen molar-refractivity contribution in [3.8, 4) is 0 Å². The first kappa shape index (κ1) is 16.2. The number of nitrogens with zero attached hydrogens (tertiary/aromatic N) is 2. The monoisotopic (exact) mass is 355 g/mol. The topological polar surface area (TPSA) is 58.4 Å². The van der Waals surface area contributed by atoms with Crippen LogP contribution >= 0.6 is 15.9 Å². The van der Waals surface area contributed by atoms with Gasteiger partial charge in [-0.05, 0) is 60.8 Å². The van der Waals surface area contributed by atoms with Crippen LogP contribution in [0, 0.1) is 10.1 Å². The van der Waals surface area contributed by atoms with E-state index in [1.165, 1.54) is 25.9 Å². The molecule has 0 spiro atoms. The molecule has 1 heterocycles. The van der Waals surface area contributed by atoms with Crippen molar-refractivity contribution in [3.63, 3.8) is 0 Å². The fourth-order valence-corrected chi connectivity index (χ4v) is 3.28. The lowest BCUT2D eigenvalue weighted by Gasteiger charge is -2.20. The molecule has 1 saturated heterocycles. The van der Waals surface area contributed by atoms with Crippen LogP contribution in [0.4, 0.5) is 11.4 Å². The number of likely N-dealkylation sites (tertiary alicyclic amines) is 1. The zero-order valence-electron chi connectivity index (χ0n) is 12.3. The molecule has 6 heteroatoms. The zero-order valence-corrected chi connectivity index (χ0v) is 13.9. The fraction of sp³-hybridized carbons (Fsp3) is 0.600. The predicted molar refractivity (Wildman–Crippen MR) is 88.8 cm³/mol. The van der Waals surface area contributed by atoms with Crippen LogP contribution in [0.3, 0.4) is 0 Å². The van der Waals surface area contributed by atoms with E-state index in [2.05, 4.69) is 33.1 Å². The van der Waals surface area contributed by atoms with E-state index in [4.69, 9.17) is 0 Å². The minimum absolute atomic E-state index is 0.113. The first-order chi connectivity index (χ1) is 10.1. The van der Waals surface area contributed by atoms with Crippen molar-refractivity contribution < 1.29 is 4.92 Å². The summed E-state index contributed by atoms with van der Waals surface area (Å²) in [6.45, 7) is 5.69. The maximum Gasteiger partial charge on any atom is 0.270 e. The molecule has 2 rings (SSSR count). The second kappa shape index (κ2) is 7.75. The molecule has 1 fully saturated rings. The first-order valence-corrected chi connectivity index (χ1v) is 8.32. The van der Waals surface area contributed by atoms with Gasteiger partial charge in [0.25, 0.3) is 5.69 Å². The normalized spacial score (nSPS) is 20.0. The molecule has 1 aromatic carbocycles. The molecule has 0 aliphatic carbocycles. The standard InChI is InChI=1S/C15H22BrN3O2/c1-2-8-18-9-3-4-12(7-10-18)17-15-6-5-13(19(20)21)11-14(15)16/h5-6,11-12,17H,2-4,7-10H2,1H3. The van der Waals surface area contributed by atoms with Gasteiger partial charge in [-0.3, -0.25) is 10.1 Å². The molecular weight excluding hydrogens is 334 g/mol. The van der Waals surface area contributed by atoms with E-state index in [9.17, 15) is 10.1 Å². The minimum atomic E-state index is -0.372. The zero-order chi connectivity index (χ0) is 15.2. The van der Waals surface area contributed by atoms with E-state index in [0.717, 1.165) is 29.5 Å². The van der Waals surface area contributed by atoms with Gasteiger partial charge in [0.15, 0.2) is 0 Å². The lowest BCUT2D eigenvalue weighted by Crippen LogP contribution is -2.27. The van der Waals surface area contributed by atoms with Crippen molar-refractivity contribution in [1.82, 2.24) is 4.90 Å². The van der Waals surface area contributed by atoms with Crippen molar-refractivity contribution in [2.75, 3.05) is 25.0 Å². The Morgan fingerprint density at radius 2 is 2.24 bits per heavy atom. The minimum Gasteiger partial charge on any atom is -0.381 e. The molecule has 0 radical (unpaired) electrons. The lowest BCUT2D eigenvalue weighted by atomic mass is 10.1. The molecule has 0 saturated carbocycles. The van der Waals surface area contributed by atoms with Crippen LogP contribution in [0.15, 0.2) is 22.7 Å². The highest BCUT2D eigenvalue weighted by Crippen LogP contribution is 2.29. The number of nitrogens with one attached hydrogen (secondary N) is 1. The summed E-state index contributed by atoms with van der Waals surface area (Å²) in [7, 11) is 0. The number of non-ortho nitro benzene ring substituents is 1. The van der Waals surface area contributed by atoms with Gasteiger partial charge < -0.3 is 10.2 Å². The number of hydrogen-bond donors (Lipinski definition) is 1. The van der Waals surface area contributed by atoms with E-state index in [-0.39, 0.29) is 10.6 Å². The van der Waals surface area contributed by atoms with Gasteiger partial charge in [0.2, 0.25) is 0 Å². The van der Waals surface area contributed by atoms with E-state index >= 15 is 0 Å². The Balaban J connectivity index is 1.97. The van der Waals surface area contributed by atoms with E-state index < -0.39 is 0 Å². The Morgan fingerprint density at radius 1 is 1.43 bits per heavy atom. The van der Waals surface area contributed by atoms with Gasteiger partial charge >= 0.3 is 0 Å². The summed E-state index contributed by atoms with van der Waals surface area (Å²) in [4.78, 5) is 12.9. The highest BCUT2D eigenvalue weighted by molar-refractivity contribution is 9.10. The lowest BCUT2D eigenvalue weighted by molar-refractivity contribution is -0.384. The summed E-state index contributed by atoms with van der Waals surface area (Å²) in [6.07, 6.45) is 4.65. The van der Waals surface area contributed by atoms with Crippen LogP contribution in [0.5, 0.6) is 0 Å². The Hall–Kier alpha value is -1.14. The third kappa shape index (κ3) is 4.68. The molecule has 0 bridgehead atoms. The highest BCUT2D eigenvalue weighted by atomic mass is 79.9. The molecule has 1 atom stereocenters. The molecule has 5 nitrogen and oxygen atoms in total. The molecule has 1 aromatic rings. The van der Waals surface area contributed by atoms with Crippen LogP contribution in [0.2, 0.25) is 0 Å². The average molecular weight is 356 g/mol. The summed E-state index contributed by atoms with van der Waals surface area (Å²) in [5.74, 6) is 0. The number of halogens is 1. The first-order valence-electron chi connectivity index (χ1n) is 7.53. The van der Waals surface area contributed by atoms with E-state index in [1.807, 2.05) is 0 Å². The Kier molecular flexibility index (Phi) is 5.99. The van der Waals surface area contributed by atoms with Gasteiger partial charge in [0.1, 0.15) is 0 Å². The molecule has 0 aromatic heterocycles. The van der Waals surface area contributed by atoms with Crippen molar-refractivity contribution in [2.45, 2.75) is 38.6 Å². The smallest absolute Gasteiger partial charge is 0.270 e. The van der Waals surface area contributed by atoms with Crippen LogP contribution < -0.4 is 5.32 Å². The van der Waals surface area contributed by atoms with Crippen LogP contribution in [0.25, 0.3) is 0 Å². The fourth-order valence-electron chi connectivity index (χ4n) is 2.79. The molecule has 1 N–H and O–H groups in total. The molecule has 1 aliphatic rings. The van der Waals surface area contributed by atoms with Crippen molar-refractivity contribution >= 4 is 27.3 Å². The van der Waals surface area contributed by atoms with Crippen LogP contribution in [-0.4, -0.2) is 35.5 Å². The summed E-state index contributed by atoms with van der Waals surface area (Å²) in [5, 5.41) is 14.3. The number of benzene rings is 1. The summed E-state index contributed by atoms with van der Waals surface area (Å²) >= 11 is 3.42. The summed E-state index contributed by atoms with van der Waals surface area (Å²) in [5.41, 5.74) is 1.05. The van der Waals surface area contributed by atoms with Gasteiger partial charge in [-0.25, -0.2) is 0 Å². The second-order valence-electron chi connectivity index (χ2n) is 5.54. The van der Waals surface area contributed by atoms with E-state index in [0.29, 0.717) is 6.04 Å². The van der Waals surface area contributed by atoms with Gasteiger partial charge in [-0.1, -0.05) is 6.92 Å². The van der Waals surface area contributed by atoms with Crippen molar-refractivity contribution in [1.29, 1.82) is 0 Å². The van der Waals surface area contributed by atoms with Crippen LogP contribution in [0.1, 0.15) is 32.6 Å². The third-order valence-electron chi connectivity index (χ3n) is 3.88. The van der Waals surface area contributed by atoms with Crippen molar-refractivity contribution in [3.05, 3.63) is 32.8 Å². The Labute approximate surface area is 134 Å². The number of rotatable bonds is 5. The molecule has 1 unspecified atom stereocenters. The van der Waals surface area contributed by atoms with Gasteiger partial charge in [0.05, 0.1) is 4.92 Å². The maximum absolute atomic E-state index is 10.8. The number of nitro benzene ring substituents is 1. The molecule has 1 aliphatic heterocycles. The molecule has 116 valence electrons.